The van der Waals surface area contributed by atoms with E-state index in [0.29, 0.717) is 12.4 Å². The Morgan fingerprint density at radius 2 is 1.31 bits per heavy atom. The number of aliphatic hydroxyl groups excluding tert-OH is 1. The highest BCUT2D eigenvalue weighted by molar-refractivity contribution is 5.78. The number of rotatable bonds is 12. The van der Waals surface area contributed by atoms with Crippen LogP contribution in [0.1, 0.15) is 77.6 Å². The maximum Gasteiger partial charge on any atom is 0.132 e. The van der Waals surface area contributed by atoms with Crippen molar-refractivity contribution in [3.8, 4) is 0 Å². The first-order valence-corrected chi connectivity index (χ1v) is 6.93. The molecule has 2 nitrogen and oxygen atoms in total. The van der Waals surface area contributed by atoms with E-state index in [1.54, 1.807) is 0 Å². The van der Waals surface area contributed by atoms with Crippen LogP contribution in [0.15, 0.2) is 0 Å². The molecular formula is C14H28O2. The summed E-state index contributed by atoms with van der Waals surface area (Å²) in [5, 5.41) is 8.60. The third-order valence-corrected chi connectivity index (χ3v) is 2.92. The largest absolute Gasteiger partial charge is 0.396 e. The Labute approximate surface area is 100 Å². The number of unbranched alkanes of at least 4 members (excludes halogenated alkanes) is 7. The molecule has 1 N–H and O–H groups in total. The Balaban J connectivity index is 3.09. The Bertz CT molecular complexity index is 155. The van der Waals surface area contributed by atoms with E-state index >= 15 is 0 Å². The van der Waals surface area contributed by atoms with E-state index in [1.807, 2.05) is 0 Å². The summed E-state index contributed by atoms with van der Waals surface area (Å²) >= 11 is 0. The molecule has 0 aliphatic rings. The summed E-state index contributed by atoms with van der Waals surface area (Å²) < 4.78 is 0. The molecule has 0 amide bonds. The fourth-order valence-electron chi connectivity index (χ4n) is 1.84. The van der Waals surface area contributed by atoms with Gasteiger partial charge in [-0.3, -0.25) is 4.79 Å². The van der Waals surface area contributed by atoms with Gasteiger partial charge in [0, 0.05) is 19.4 Å². The third-order valence-electron chi connectivity index (χ3n) is 2.92. The number of hydrogen-bond donors (Lipinski definition) is 1. The fourth-order valence-corrected chi connectivity index (χ4v) is 1.84. The predicted molar refractivity (Wildman–Crippen MR) is 68.6 cm³/mol. The Morgan fingerprint density at radius 3 is 1.88 bits per heavy atom. The monoisotopic (exact) mass is 228 g/mol. The molecule has 0 bridgehead atoms. The van der Waals surface area contributed by atoms with E-state index in [1.165, 1.54) is 32.1 Å². The van der Waals surface area contributed by atoms with Crippen LogP contribution in [-0.2, 0) is 4.79 Å². The second-order valence-electron chi connectivity index (χ2n) is 4.59. The topological polar surface area (TPSA) is 37.3 Å². The van der Waals surface area contributed by atoms with Crippen molar-refractivity contribution < 1.29 is 9.90 Å². The molecule has 0 atom stereocenters. The van der Waals surface area contributed by atoms with Gasteiger partial charge in [-0.2, -0.15) is 0 Å². The molecule has 0 aliphatic carbocycles. The molecule has 0 aromatic heterocycles. The van der Waals surface area contributed by atoms with Gasteiger partial charge in [-0.1, -0.05) is 45.4 Å². The minimum atomic E-state index is 0.315. The molecule has 0 aromatic rings. The summed E-state index contributed by atoms with van der Waals surface area (Å²) in [6.45, 7) is 2.48. The van der Waals surface area contributed by atoms with Gasteiger partial charge >= 0.3 is 0 Å². The lowest BCUT2D eigenvalue weighted by molar-refractivity contribution is -0.119. The highest BCUT2D eigenvalue weighted by atomic mass is 16.2. The first-order chi connectivity index (χ1) is 7.81. The molecule has 0 spiro atoms. The summed E-state index contributed by atoms with van der Waals surface area (Å²) in [6, 6.07) is 0. The molecule has 2 heteroatoms. The Kier molecular flexibility index (Phi) is 12.4. The number of Topliss-reactive ketones (excluding diaryl/α,β-unsaturated/α-hetero) is 1. The molecule has 0 aromatic carbocycles. The van der Waals surface area contributed by atoms with Crippen molar-refractivity contribution in [1.82, 2.24) is 0 Å². The van der Waals surface area contributed by atoms with Gasteiger partial charge in [-0.05, 0) is 19.3 Å². The van der Waals surface area contributed by atoms with Gasteiger partial charge in [0.15, 0.2) is 0 Å². The number of hydrogen-bond acceptors (Lipinski definition) is 2. The van der Waals surface area contributed by atoms with Crippen molar-refractivity contribution in [3.63, 3.8) is 0 Å². The second kappa shape index (κ2) is 12.7. The minimum absolute atomic E-state index is 0.315. The maximum atomic E-state index is 11.4. The van der Waals surface area contributed by atoms with Gasteiger partial charge in [-0.25, -0.2) is 0 Å². The Hall–Kier alpha value is -0.370. The summed E-state index contributed by atoms with van der Waals surface area (Å²) in [7, 11) is 0. The summed E-state index contributed by atoms with van der Waals surface area (Å²) in [6.07, 6.45) is 11.7. The first kappa shape index (κ1) is 15.6. The fraction of sp³-hybridized carbons (Fsp3) is 0.929. The van der Waals surface area contributed by atoms with Gasteiger partial charge in [0.2, 0.25) is 0 Å². The van der Waals surface area contributed by atoms with Crippen LogP contribution in [0.25, 0.3) is 0 Å². The minimum Gasteiger partial charge on any atom is -0.396 e. The zero-order chi connectivity index (χ0) is 12.1. The number of aliphatic hydroxyl groups is 1. The lowest BCUT2D eigenvalue weighted by Gasteiger charge is -2.01. The summed E-state index contributed by atoms with van der Waals surface area (Å²) in [5.41, 5.74) is 0. The van der Waals surface area contributed by atoms with Crippen LogP contribution in [-0.4, -0.2) is 17.5 Å². The molecule has 0 rings (SSSR count). The van der Waals surface area contributed by atoms with Crippen molar-refractivity contribution in [2.24, 2.45) is 0 Å². The second-order valence-corrected chi connectivity index (χ2v) is 4.59. The standard InChI is InChI=1S/C14H28O2/c1-2-3-8-11-14(16)12-9-6-4-5-7-10-13-15/h15H,2-13H2,1H3. The maximum absolute atomic E-state index is 11.4. The van der Waals surface area contributed by atoms with E-state index in [-0.39, 0.29) is 0 Å². The average Bonchev–Trinajstić information content (AvgIpc) is 2.28. The van der Waals surface area contributed by atoms with E-state index in [4.69, 9.17) is 5.11 Å². The quantitative estimate of drug-likeness (QED) is 0.515. The molecule has 0 saturated carbocycles. The molecule has 16 heavy (non-hydrogen) atoms. The van der Waals surface area contributed by atoms with Crippen LogP contribution in [0.4, 0.5) is 0 Å². The lowest BCUT2D eigenvalue weighted by atomic mass is 10.0. The van der Waals surface area contributed by atoms with E-state index in [9.17, 15) is 4.79 Å². The average molecular weight is 228 g/mol. The van der Waals surface area contributed by atoms with Gasteiger partial charge in [-0.15, -0.1) is 0 Å². The predicted octanol–water partition coefficient (Wildman–Crippen LogP) is 3.86. The molecule has 96 valence electrons. The van der Waals surface area contributed by atoms with Crippen molar-refractivity contribution in [2.75, 3.05) is 6.61 Å². The van der Waals surface area contributed by atoms with Crippen LogP contribution in [0, 0.1) is 0 Å². The van der Waals surface area contributed by atoms with Crippen LogP contribution >= 0.6 is 0 Å². The van der Waals surface area contributed by atoms with Crippen molar-refractivity contribution in [2.45, 2.75) is 77.6 Å². The molecule has 0 saturated heterocycles. The number of carbonyl (C=O) groups excluding carboxylic acids is 1. The molecule has 0 radical (unpaired) electrons. The zero-order valence-electron chi connectivity index (χ0n) is 10.8. The SMILES string of the molecule is CCCCCC(=O)CCCCCCCCO. The van der Waals surface area contributed by atoms with Gasteiger partial charge in [0.1, 0.15) is 5.78 Å². The van der Waals surface area contributed by atoms with Crippen molar-refractivity contribution in [1.29, 1.82) is 0 Å². The molecule has 0 aliphatic heterocycles. The lowest BCUT2D eigenvalue weighted by Crippen LogP contribution is -1.97. The first-order valence-electron chi connectivity index (χ1n) is 6.93. The number of carbonyl (C=O) groups is 1. The number of ketones is 1. The molecule has 0 heterocycles. The van der Waals surface area contributed by atoms with Crippen LogP contribution in [0.3, 0.4) is 0 Å². The van der Waals surface area contributed by atoms with E-state index in [0.717, 1.165) is 38.5 Å². The Morgan fingerprint density at radius 1 is 0.812 bits per heavy atom. The van der Waals surface area contributed by atoms with Crippen LogP contribution in [0.2, 0.25) is 0 Å². The summed E-state index contributed by atoms with van der Waals surface area (Å²) in [4.78, 5) is 11.4. The van der Waals surface area contributed by atoms with Crippen molar-refractivity contribution in [3.05, 3.63) is 0 Å². The van der Waals surface area contributed by atoms with Crippen LogP contribution in [0.5, 0.6) is 0 Å². The van der Waals surface area contributed by atoms with E-state index < -0.39 is 0 Å². The third kappa shape index (κ3) is 11.7. The molecule has 0 unspecified atom stereocenters. The summed E-state index contributed by atoms with van der Waals surface area (Å²) in [5.74, 6) is 0.448. The van der Waals surface area contributed by atoms with E-state index in [2.05, 4.69) is 6.92 Å². The van der Waals surface area contributed by atoms with Gasteiger partial charge < -0.3 is 5.11 Å². The normalized spacial score (nSPS) is 10.6. The molecule has 0 fully saturated rings. The van der Waals surface area contributed by atoms with Gasteiger partial charge in [0.05, 0.1) is 0 Å². The smallest absolute Gasteiger partial charge is 0.132 e. The highest BCUT2D eigenvalue weighted by Gasteiger charge is 2.00. The zero-order valence-corrected chi connectivity index (χ0v) is 10.8. The van der Waals surface area contributed by atoms with Gasteiger partial charge in [0.25, 0.3) is 0 Å². The molecular weight excluding hydrogens is 200 g/mol. The van der Waals surface area contributed by atoms with Crippen LogP contribution < -0.4 is 0 Å². The highest BCUT2D eigenvalue weighted by Crippen LogP contribution is 2.09. The van der Waals surface area contributed by atoms with Crippen molar-refractivity contribution >= 4 is 5.78 Å².